The van der Waals surface area contributed by atoms with Crippen molar-refractivity contribution >= 4 is 12.4 Å². The fourth-order valence-corrected chi connectivity index (χ4v) is 2.57. The first-order valence-electron chi connectivity index (χ1n) is 6.91. The largest absolute Gasteiger partial charge is 0.573 e. The van der Waals surface area contributed by atoms with Crippen LogP contribution < -0.4 is 10.1 Å². The van der Waals surface area contributed by atoms with Crippen molar-refractivity contribution in [2.24, 2.45) is 0 Å². The van der Waals surface area contributed by atoms with E-state index in [1.165, 1.54) is 12.1 Å². The summed E-state index contributed by atoms with van der Waals surface area (Å²) in [4.78, 5) is 2.23. The number of aliphatic hydroxyl groups is 1. The summed E-state index contributed by atoms with van der Waals surface area (Å²) in [6.07, 6.45) is -4.12. The number of aliphatic hydroxyl groups excluding tert-OH is 1. The molecule has 0 bridgehead atoms. The normalized spacial score (nSPS) is 17.6. The minimum absolute atomic E-state index is 0. The van der Waals surface area contributed by atoms with Gasteiger partial charge in [0.2, 0.25) is 0 Å². The molecule has 1 atom stereocenters. The van der Waals surface area contributed by atoms with Crippen LogP contribution in [0.5, 0.6) is 5.75 Å². The van der Waals surface area contributed by atoms with Crippen LogP contribution >= 0.6 is 12.4 Å². The van der Waals surface area contributed by atoms with Crippen LogP contribution in [0.15, 0.2) is 24.3 Å². The highest BCUT2D eigenvalue weighted by atomic mass is 35.5. The number of ether oxygens (including phenoxy) is 1. The van der Waals surface area contributed by atoms with Crippen molar-refractivity contribution in [1.29, 1.82) is 0 Å². The number of benzene rings is 1. The second-order valence-electron chi connectivity index (χ2n) is 4.93. The Morgan fingerprint density at radius 1 is 1.18 bits per heavy atom. The lowest BCUT2D eigenvalue weighted by molar-refractivity contribution is -0.274. The zero-order chi connectivity index (χ0) is 15.3. The van der Waals surface area contributed by atoms with Crippen LogP contribution in [0, 0.1) is 0 Å². The van der Waals surface area contributed by atoms with Crippen molar-refractivity contribution in [3.05, 3.63) is 29.8 Å². The maximum absolute atomic E-state index is 12.1. The van der Waals surface area contributed by atoms with E-state index in [1.807, 2.05) is 0 Å². The van der Waals surface area contributed by atoms with Crippen LogP contribution in [0.3, 0.4) is 0 Å². The molecule has 0 unspecified atom stereocenters. The number of piperazine rings is 1. The summed E-state index contributed by atoms with van der Waals surface area (Å²) in [5, 5.41) is 12.5. The van der Waals surface area contributed by atoms with E-state index in [2.05, 4.69) is 15.0 Å². The molecule has 1 heterocycles. The van der Waals surface area contributed by atoms with E-state index >= 15 is 0 Å². The number of nitrogens with one attached hydrogen (secondary N) is 1. The van der Waals surface area contributed by atoms with Gasteiger partial charge in [-0.3, -0.25) is 4.90 Å². The lowest BCUT2D eigenvalue weighted by Crippen LogP contribution is -2.45. The van der Waals surface area contributed by atoms with E-state index in [1.54, 1.807) is 12.1 Å². The molecule has 0 radical (unpaired) electrons. The lowest BCUT2D eigenvalue weighted by Gasteiger charge is -2.35. The predicted octanol–water partition coefficient (Wildman–Crippen LogP) is 2.34. The Morgan fingerprint density at radius 2 is 1.77 bits per heavy atom. The monoisotopic (exact) mass is 340 g/mol. The molecule has 0 aliphatic carbocycles. The summed E-state index contributed by atoms with van der Waals surface area (Å²) in [5.74, 6) is -0.227. The summed E-state index contributed by atoms with van der Waals surface area (Å²) in [7, 11) is 0. The van der Waals surface area contributed by atoms with Gasteiger partial charge >= 0.3 is 6.36 Å². The molecule has 4 nitrogen and oxygen atoms in total. The first-order chi connectivity index (χ1) is 9.99. The molecule has 126 valence electrons. The number of rotatable bonds is 5. The number of nitrogens with zero attached hydrogens (tertiary/aromatic N) is 1. The maximum atomic E-state index is 12.1. The number of hydrogen-bond acceptors (Lipinski definition) is 4. The Labute approximate surface area is 133 Å². The average Bonchev–Trinajstić information content (AvgIpc) is 2.45. The molecule has 8 heteroatoms. The van der Waals surface area contributed by atoms with Crippen molar-refractivity contribution < 1.29 is 23.0 Å². The molecular weight excluding hydrogens is 321 g/mol. The average molecular weight is 341 g/mol. The Hall–Kier alpha value is -1.02. The SMILES string of the molecule is Cl.OCC[C@@H](c1ccc(OC(F)(F)F)cc1)N1CCNCC1. The smallest absolute Gasteiger partial charge is 0.406 e. The van der Waals surface area contributed by atoms with Crippen molar-refractivity contribution in [3.8, 4) is 5.75 Å². The number of hydrogen-bond donors (Lipinski definition) is 2. The quantitative estimate of drug-likeness (QED) is 0.863. The molecule has 1 aliphatic heterocycles. The van der Waals surface area contributed by atoms with Gasteiger partial charge in [0.15, 0.2) is 0 Å². The third kappa shape index (κ3) is 5.64. The van der Waals surface area contributed by atoms with E-state index in [0.29, 0.717) is 6.42 Å². The molecule has 1 fully saturated rings. The fraction of sp³-hybridized carbons (Fsp3) is 0.571. The van der Waals surface area contributed by atoms with E-state index in [0.717, 1.165) is 31.7 Å². The van der Waals surface area contributed by atoms with Gasteiger partial charge in [-0.15, -0.1) is 25.6 Å². The molecule has 1 saturated heterocycles. The van der Waals surface area contributed by atoms with Gasteiger partial charge in [0, 0.05) is 38.8 Å². The number of alkyl halides is 3. The lowest BCUT2D eigenvalue weighted by atomic mass is 10.0. The first-order valence-corrected chi connectivity index (χ1v) is 6.91. The third-order valence-corrected chi connectivity index (χ3v) is 3.49. The van der Waals surface area contributed by atoms with Crippen molar-refractivity contribution in [2.45, 2.75) is 18.8 Å². The molecular formula is C14H20ClF3N2O2. The summed E-state index contributed by atoms with van der Waals surface area (Å²) < 4.78 is 40.3. The zero-order valence-corrected chi connectivity index (χ0v) is 12.8. The maximum Gasteiger partial charge on any atom is 0.573 e. The van der Waals surface area contributed by atoms with Gasteiger partial charge in [0.1, 0.15) is 5.75 Å². The summed E-state index contributed by atoms with van der Waals surface area (Å²) >= 11 is 0. The molecule has 2 rings (SSSR count). The fourth-order valence-electron chi connectivity index (χ4n) is 2.57. The van der Waals surface area contributed by atoms with Crippen molar-refractivity contribution in [2.75, 3.05) is 32.8 Å². The summed E-state index contributed by atoms with van der Waals surface area (Å²) in [6.45, 7) is 3.49. The van der Waals surface area contributed by atoms with Crippen molar-refractivity contribution in [3.63, 3.8) is 0 Å². The molecule has 1 aromatic carbocycles. The van der Waals surface area contributed by atoms with Gasteiger partial charge < -0.3 is 15.2 Å². The van der Waals surface area contributed by atoms with E-state index in [4.69, 9.17) is 0 Å². The molecule has 1 aliphatic rings. The second kappa shape index (κ2) is 8.57. The van der Waals surface area contributed by atoms with Crippen LogP contribution in [0.2, 0.25) is 0 Å². The number of halogens is 4. The van der Waals surface area contributed by atoms with Crippen LogP contribution in [-0.2, 0) is 0 Å². The predicted molar refractivity (Wildman–Crippen MR) is 79.3 cm³/mol. The minimum Gasteiger partial charge on any atom is -0.406 e. The molecule has 0 saturated carbocycles. The van der Waals surface area contributed by atoms with Gasteiger partial charge in [-0.1, -0.05) is 12.1 Å². The Kier molecular flexibility index (Phi) is 7.41. The molecule has 2 N–H and O–H groups in total. The standard InChI is InChI=1S/C14H19F3N2O2.ClH/c15-14(16,17)21-12-3-1-11(2-4-12)13(5-10-20)19-8-6-18-7-9-19;/h1-4,13,18,20H,5-10H2;1H/t13-;/m0./s1. The molecule has 0 amide bonds. The highest BCUT2D eigenvalue weighted by molar-refractivity contribution is 5.85. The molecule has 0 aromatic heterocycles. The van der Waals surface area contributed by atoms with Gasteiger partial charge in [-0.2, -0.15) is 0 Å². The molecule has 1 aromatic rings. The van der Waals surface area contributed by atoms with E-state index in [-0.39, 0.29) is 30.8 Å². The van der Waals surface area contributed by atoms with Crippen LogP contribution in [0.1, 0.15) is 18.0 Å². The third-order valence-electron chi connectivity index (χ3n) is 3.49. The van der Waals surface area contributed by atoms with Gasteiger partial charge in [-0.25, -0.2) is 0 Å². The highest BCUT2D eigenvalue weighted by Gasteiger charge is 2.31. The highest BCUT2D eigenvalue weighted by Crippen LogP contribution is 2.28. The van der Waals surface area contributed by atoms with E-state index in [9.17, 15) is 18.3 Å². The Bertz CT molecular complexity index is 437. The van der Waals surface area contributed by atoms with Gasteiger partial charge in [0.25, 0.3) is 0 Å². The van der Waals surface area contributed by atoms with Crippen LogP contribution in [-0.4, -0.2) is 49.2 Å². The zero-order valence-electron chi connectivity index (χ0n) is 12.0. The van der Waals surface area contributed by atoms with Gasteiger partial charge in [0.05, 0.1) is 0 Å². The van der Waals surface area contributed by atoms with Crippen molar-refractivity contribution in [1.82, 2.24) is 10.2 Å². The van der Waals surface area contributed by atoms with Crippen LogP contribution in [0.25, 0.3) is 0 Å². The summed E-state index contributed by atoms with van der Waals surface area (Å²) in [5.41, 5.74) is 0.889. The van der Waals surface area contributed by atoms with Gasteiger partial charge in [-0.05, 0) is 24.1 Å². The molecule has 0 spiro atoms. The minimum atomic E-state index is -4.68. The summed E-state index contributed by atoms with van der Waals surface area (Å²) in [6, 6.07) is 5.90. The first kappa shape index (κ1) is 19.0. The second-order valence-corrected chi connectivity index (χ2v) is 4.93. The Morgan fingerprint density at radius 3 is 2.27 bits per heavy atom. The topological polar surface area (TPSA) is 44.7 Å². The van der Waals surface area contributed by atoms with E-state index < -0.39 is 6.36 Å². The molecule has 22 heavy (non-hydrogen) atoms. The van der Waals surface area contributed by atoms with Crippen LogP contribution in [0.4, 0.5) is 13.2 Å². The Balaban J connectivity index is 0.00000242.